The van der Waals surface area contributed by atoms with Crippen molar-refractivity contribution in [3.8, 4) is 0 Å². The number of likely N-dealkylation sites (N-methyl/N-ethyl adjacent to an activating group) is 1. The summed E-state index contributed by atoms with van der Waals surface area (Å²) in [5.41, 5.74) is -2.84. The first kappa shape index (κ1) is 21.9. The fraction of sp³-hybridized carbons (Fsp3) is 0.167. The third kappa shape index (κ3) is 5.56. The quantitative estimate of drug-likeness (QED) is 0.296. The molecule has 1 amide bonds. The number of hydrogen-bond acceptors (Lipinski definition) is 4. The number of para-hydroxylation sites is 1. The van der Waals surface area contributed by atoms with Gasteiger partial charge >= 0.3 is 12.4 Å². The standard InChI is InChI=1S/C18H13F6N3O2/c1-27(13-8-3-2-4-9-13)16(29)14(15(28)18(22,23)24)26-25-12-7-5-6-11(10-12)17(19,20)21/h2-10,28H,1H3/b15-14-,26-25?. The van der Waals surface area contributed by atoms with Gasteiger partial charge in [-0.25, -0.2) is 0 Å². The Morgan fingerprint density at radius 2 is 1.59 bits per heavy atom. The van der Waals surface area contributed by atoms with Gasteiger partial charge in [-0.1, -0.05) is 24.3 Å². The highest BCUT2D eigenvalue weighted by atomic mass is 19.4. The highest BCUT2D eigenvalue weighted by molar-refractivity contribution is 6.05. The second-order valence-corrected chi connectivity index (χ2v) is 5.64. The molecule has 0 atom stereocenters. The molecule has 0 aromatic heterocycles. The van der Waals surface area contributed by atoms with E-state index in [1.807, 2.05) is 0 Å². The van der Waals surface area contributed by atoms with E-state index in [2.05, 4.69) is 10.2 Å². The van der Waals surface area contributed by atoms with E-state index in [-0.39, 0.29) is 5.69 Å². The van der Waals surface area contributed by atoms with E-state index < -0.39 is 41.0 Å². The van der Waals surface area contributed by atoms with Crippen LogP contribution in [0.4, 0.5) is 37.7 Å². The molecule has 11 heteroatoms. The van der Waals surface area contributed by atoms with E-state index in [9.17, 15) is 36.2 Å². The van der Waals surface area contributed by atoms with Crippen LogP contribution < -0.4 is 4.90 Å². The maximum atomic E-state index is 12.9. The number of anilines is 1. The van der Waals surface area contributed by atoms with Gasteiger partial charge in [-0.2, -0.15) is 31.5 Å². The Hall–Kier alpha value is -3.37. The Balaban J connectivity index is 2.46. The number of aliphatic hydroxyl groups excluding tert-OH is 1. The lowest BCUT2D eigenvalue weighted by Gasteiger charge is -2.18. The summed E-state index contributed by atoms with van der Waals surface area (Å²) >= 11 is 0. The minimum Gasteiger partial charge on any atom is -0.503 e. The SMILES string of the molecule is CN(C(=O)/C(N=Nc1cccc(C(F)(F)F)c1)=C(/O)C(F)(F)F)c1ccccc1. The Bertz CT molecular complexity index is 937. The van der Waals surface area contributed by atoms with Crippen LogP contribution in [-0.2, 0) is 11.0 Å². The number of carbonyl (C=O) groups is 1. The second-order valence-electron chi connectivity index (χ2n) is 5.64. The van der Waals surface area contributed by atoms with Gasteiger partial charge in [-0.3, -0.25) is 4.79 Å². The maximum absolute atomic E-state index is 12.9. The predicted octanol–water partition coefficient (Wildman–Crippen LogP) is 5.78. The van der Waals surface area contributed by atoms with Gasteiger partial charge in [0.25, 0.3) is 5.91 Å². The van der Waals surface area contributed by atoms with Crippen LogP contribution in [0, 0.1) is 0 Å². The molecule has 0 radical (unpaired) electrons. The van der Waals surface area contributed by atoms with Crippen LogP contribution >= 0.6 is 0 Å². The zero-order valence-corrected chi connectivity index (χ0v) is 14.7. The van der Waals surface area contributed by atoms with Crippen molar-refractivity contribution in [2.75, 3.05) is 11.9 Å². The third-order valence-electron chi connectivity index (χ3n) is 3.58. The number of hydrogen-bond donors (Lipinski definition) is 1. The zero-order chi connectivity index (χ0) is 21.8. The number of nitrogens with zero attached hydrogens (tertiary/aromatic N) is 3. The van der Waals surface area contributed by atoms with Gasteiger partial charge in [-0.05, 0) is 30.3 Å². The lowest BCUT2D eigenvalue weighted by molar-refractivity contribution is -0.137. The van der Waals surface area contributed by atoms with Gasteiger partial charge in [0.15, 0.2) is 5.70 Å². The third-order valence-corrected chi connectivity index (χ3v) is 3.58. The fourth-order valence-corrected chi connectivity index (χ4v) is 2.11. The van der Waals surface area contributed by atoms with Gasteiger partial charge in [0.1, 0.15) is 0 Å². The molecule has 1 N–H and O–H groups in total. The van der Waals surface area contributed by atoms with E-state index in [1.165, 1.54) is 24.3 Å². The molecule has 0 aliphatic rings. The van der Waals surface area contributed by atoms with Crippen molar-refractivity contribution in [1.29, 1.82) is 0 Å². The van der Waals surface area contributed by atoms with E-state index in [0.717, 1.165) is 30.1 Å². The zero-order valence-electron chi connectivity index (χ0n) is 14.7. The summed E-state index contributed by atoms with van der Waals surface area (Å²) in [5.74, 6) is -3.68. The number of carbonyl (C=O) groups excluding carboxylic acids is 1. The second kappa shape index (κ2) is 8.33. The minimum absolute atomic E-state index is 0.194. The van der Waals surface area contributed by atoms with Crippen molar-refractivity contribution < 1.29 is 36.2 Å². The summed E-state index contributed by atoms with van der Waals surface area (Å²) in [7, 11) is 1.14. The number of aliphatic hydroxyl groups is 1. The Morgan fingerprint density at radius 3 is 2.14 bits per heavy atom. The summed E-state index contributed by atoms with van der Waals surface area (Å²) < 4.78 is 77.1. The normalized spacial score (nSPS) is 13.3. The summed E-state index contributed by atoms with van der Waals surface area (Å²) in [6, 6.07) is 10.8. The minimum atomic E-state index is -5.32. The molecular formula is C18H13F6N3O2. The van der Waals surface area contributed by atoms with Crippen LogP contribution in [-0.4, -0.2) is 24.2 Å². The van der Waals surface area contributed by atoms with Crippen LogP contribution in [0.2, 0.25) is 0 Å². The Morgan fingerprint density at radius 1 is 0.966 bits per heavy atom. The first-order valence-corrected chi connectivity index (χ1v) is 7.84. The van der Waals surface area contributed by atoms with Crippen LogP contribution in [0.25, 0.3) is 0 Å². The van der Waals surface area contributed by atoms with Crippen LogP contribution in [0.15, 0.2) is 76.3 Å². The summed E-state index contributed by atoms with van der Waals surface area (Å²) in [5, 5.41) is 15.8. The van der Waals surface area contributed by atoms with Crippen molar-refractivity contribution in [3.63, 3.8) is 0 Å². The fourth-order valence-electron chi connectivity index (χ4n) is 2.11. The van der Waals surface area contributed by atoms with Gasteiger partial charge in [0.2, 0.25) is 5.76 Å². The molecule has 154 valence electrons. The lowest BCUT2D eigenvalue weighted by atomic mass is 10.2. The molecule has 0 aliphatic heterocycles. The highest BCUT2D eigenvalue weighted by Gasteiger charge is 2.40. The topological polar surface area (TPSA) is 65.3 Å². The molecule has 0 spiro atoms. The van der Waals surface area contributed by atoms with E-state index >= 15 is 0 Å². The molecule has 0 heterocycles. The number of alkyl halides is 6. The van der Waals surface area contributed by atoms with E-state index in [4.69, 9.17) is 0 Å². The predicted molar refractivity (Wildman–Crippen MR) is 91.5 cm³/mol. The van der Waals surface area contributed by atoms with Crippen molar-refractivity contribution in [1.82, 2.24) is 0 Å². The van der Waals surface area contributed by atoms with Crippen LogP contribution in [0.5, 0.6) is 0 Å². The van der Waals surface area contributed by atoms with Gasteiger partial charge in [0.05, 0.1) is 11.3 Å². The summed E-state index contributed by atoms with van der Waals surface area (Å²) in [6.07, 6.45) is -10.0. The number of rotatable bonds is 4. The lowest BCUT2D eigenvalue weighted by Crippen LogP contribution is -2.30. The molecule has 0 aliphatic carbocycles. The molecule has 29 heavy (non-hydrogen) atoms. The molecule has 0 bridgehead atoms. The summed E-state index contributed by atoms with van der Waals surface area (Å²) in [4.78, 5) is 13.2. The molecule has 2 aromatic rings. The number of benzene rings is 2. The summed E-state index contributed by atoms with van der Waals surface area (Å²) in [6.45, 7) is 0. The monoisotopic (exact) mass is 417 g/mol. The number of allylic oxidation sites excluding steroid dienone is 1. The van der Waals surface area contributed by atoms with Crippen molar-refractivity contribution in [2.45, 2.75) is 12.4 Å². The highest BCUT2D eigenvalue weighted by Crippen LogP contribution is 2.32. The molecule has 0 fully saturated rings. The molecule has 0 saturated heterocycles. The van der Waals surface area contributed by atoms with E-state index in [1.54, 1.807) is 6.07 Å². The molecule has 2 aromatic carbocycles. The average Bonchev–Trinajstić information content (AvgIpc) is 2.66. The van der Waals surface area contributed by atoms with Gasteiger partial charge < -0.3 is 10.0 Å². The molecule has 2 rings (SSSR count). The first-order chi connectivity index (χ1) is 13.4. The van der Waals surface area contributed by atoms with Crippen LogP contribution in [0.3, 0.4) is 0 Å². The van der Waals surface area contributed by atoms with Crippen molar-refractivity contribution in [2.24, 2.45) is 10.2 Å². The van der Waals surface area contributed by atoms with Crippen LogP contribution in [0.1, 0.15) is 5.56 Å². The van der Waals surface area contributed by atoms with Crippen molar-refractivity contribution in [3.05, 3.63) is 71.6 Å². The number of amides is 1. The average molecular weight is 417 g/mol. The smallest absolute Gasteiger partial charge is 0.451 e. The molecule has 5 nitrogen and oxygen atoms in total. The maximum Gasteiger partial charge on any atom is 0.451 e. The molecule has 0 unspecified atom stereocenters. The number of halogens is 6. The van der Waals surface area contributed by atoms with Gasteiger partial charge in [0, 0.05) is 12.7 Å². The first-order valence-electron chi connectivity index (χ1n) is 7.84. The largest absolute Gasteiger partial charge is 0.503 e. The van der Waals surface area contributed by atoms with Gasteiger partial charge in [-0.15, -0.1) is 5.11 Å². The van der Waals surface area contributed by atoms with E-state index in [0.29, 0.717) is 6.07 Å². The molecular weight excluding hydrogens is 404 g/mol. The molecule has 0 saturated carbocycles. The Labute approximate surface area is 160 Å². The number of azo groups is 1. The van der Waals surface area contributed by atoms with Crippen molar-refractivity contribution >= 4 is 17.3 Å². The Kier molecular flexibility index (Phi) is 6.30.